The van der Waals surface area contributed by atoms with Gasteiger partial charge < -0.3 is 34.2 Å². The lowest BCUT2D eigenvalue weighted by molar-refractivity contribution is -0.161. The first kappa shape index (κ1) is 81.7. The fraction of sp³-hybridized carbons (Fsp3) is 0.746. The molecule has 0 saturated carbocycles. The third kappa shape index (κ3) is 62.1. The van der Waals surface area contributed by atoms with Crippen LogP contribution in [0.15, 0.2) is 85.1 Å². The van der Waals surface area contributed by atoms with Gasteiger partial charge in [0.1, 0.15) is 25.4 Å². The Morgan fingerprint density at radius 2 is 0.624 bits per heavy atom. The molecule has 0 radical (unpaired) electrons. The van der Waals surface area contributed by atoms with Crippen molar-refractivity contribution in [2.24, 2.45) is 0 Å². The highest BCUT2D eigenvalue weighted by Crippen LogP contribution is 2.45. The molecule has 0 amide bonds. The molecule has 0 heterocycles. The minimum Gasteiger partial charge on any atom is -0.463 e. The van der Waals surface area contributed by atoms with E-state index in [9.17, 15) is 43.5 Å². The highest BCUT2D eigenvalue weighted by molar-refractivity contribution is 7.47. The van der Waals surface area contributed by atoms with Crippen molar-refractivity contribution >= 4 is 33.6 Å². The summed E-state index contributed by atoms with van der Waals surface area (Å²) in [6.07, 6.45) is 63.5. The summed E-state index contributed by atoms with van der Waals surface area (Å²) in [4.78, 5) is 58.3. The van der Waals surface area contributed by atoms with Crippen molar-refractivity contribution in [1.29, 1.82) is 0 Å². The molecule has 0 fully saturated rings. The van der Waals surface area contributed by atoms with Gasteiger partial charge in [-0.3, -0.25) is 32.5 Å². The van der Waals surface area contributed by atoms with E-state index in [0.717, 1.165) is 141 Å². The van der Waals surface area contributed by atoms with E-state index >= 15 is 0 Å². The van der Waals surface area contributed by atoms with Gasteiger partial charge >= 0.3 is 33.6 Å². The molecule has 0 spiro atoms. The van der Waals surface area contributed by atoms with Crippen molar-refractivity contribution in [2.45, 2.75) is 283 Å². The minimum absolute atomic E-state index is 0.0906. The van der Waals surface area contributed by atoms with Crippen LogP contribution in [0.25, 0.3) is 0 Å². The van der Waals surface area contributed by atoms with Crippen LogP contribution in [-0.4, -0.2) is 95.9 Å². The van der Waals surface area contributed by atoms with Gasteiger partial charge in [-0.2, -0.15) is 0 Å². The summed E-state index contributed by atoms with van der Waals surface area (Å²) < 4.78 is 60.8. The average molecular weight is 1240 g/mol. The summed E-state index contributed by atoms with van der Waals surface area (Å²) >= 11 is 0. The molecule has 0 saturated heterocycles. The van der Waals surface area contributed by atoms with Crippen molar-refractivity contribution < 1.29 is 75.8 Å². The van der Waals surface area contributed by atoms with Crippen LogP contribution in [0.4, 0.5) is 0 Å². The number of aliphatic hydroxyl groups excluding tert-OH is 2. The predicted molar refractivity (Wildman–Crippen MR) is 344 cm³/mol. The number of carbonyl (C=O) groups is 3. The average Bonchev–Trinajstić information content (AvgIpc) is 3.51. The normalized spacial score (nSPS) is 14.9. The molecular formula is C67H118O16P2. The van der Waals surface area contributed by atoms with E-state index in [1.165, 1.54) is 64.2 Å². The second-order valence-electron chi connectivity index (χ2n) is 21.9. The van der Waals surface area contributed by atoms with Gasteiger partial charge in [0.05, 0.1) is 26.4 Å². The Morgan fingerprint density at radius 3 is 1.02 bits per heavy atom. The Morgan fingerprint density at radius 1 is 0.341 bits per heavy atom. The van der Waals surface area contributed by atoms with Crippen molar-refractivity contribution in [3.63, 3.8) is 0 Å². The van der Waals surface area contributed by atoms with Crippen LogP contribution in [0, 0.1) is 0 Å². The molecule has 0 rings (SSSR count). The first-order valence-corrected chi connectivity index (χ1v) is 35.9. The molecule has 0 aliphatic carbocycles. The molecule has 0 aromatic carbocycles. The van der Waals surface area contributed by atoms with E-state index in [4.69, 9.17) is 32.3 Å². The fourth-order valence-electron chi connectivity index (χ4n) is 8.53. The number of aliphatic hydroxyl groups is 2. The van der Waals surface area contributed by atoms with Crippen molar-refractivity contribution in [2.75, 3.05) is 39.6 Å². The third-order valence-electron chi connectivity index (χ3n) is 13.6. The highest BCUT2D eigenvalue weighted by Gasteiger charge is 2.29. The maximum atomic E-state index is 12.9. The maximum Gasteiger partial charge on any atom is 0.472 e. The van der Waals surface area contributed by atoms with Crippen molar-refractivity contribution in [1.82, 2.24) is 0 Å². The number of phosphoric ester groups is 2. The molecule has 4 N–H and O–H groups in total. The summed E-state index contributed by atoms with van der Waals surface area (Å²) in [5.74, 6) is -1.61. The molecule has 5 unspecified atom stereocenters. The van der Waals surface area contributed by atoms with Crippen LogP contribution in [0.5, 0.6) is 0 Å². The van der Waals surface area contributed by atoms with E-state index in [1.54, 1.807) is 0 Å². The molecule has 0 aromatic rings. The topological polar surface area (TPSA) is 231 Å². The van der Waals surface area contributed by atoms with E-state index in [2.05, 4.69) is 106 Å². The Kier molecular flexibility index (Phi) is 58.6. The Balaban J connectivity index is 4.68. The van der Waals surface area contributed by atoms with Crippen LogP contribution in [0.3, 0.4) is 0 Å². The molecule has 0 aliphatic rings. The van der Waals surface area contributed by atoms with Crippen molar-refractivity contribution in [3.8, 4) is 0 Å². The molecule has 85 heavy (non-hydrogen) atoms. The lowest BCUT2D eigenvalue weighted by atomic mass is 10.1. The molecule has 0 aromatic heterocycles. The van der Waals surface area contributed by atoms with Crippen LogP contribution < -0.4 is 0 Å². The van der Waals surface area contributed by atoms with Crippen LogP contribution in [0.1, 0.15) is 265 Å². The van der Waals surface area contributed by atoms with Crippen LogP contribution >= 0.6 is 15.6 Å². The van der Waals surface area contributed by atoms with E-state index in [-0.39, 0.29) is 19.3 Å². The quantitative estimate of drug-likeness (QED) is 0.0146. The SMILES string of the molecule is CC/C=C\C/C=C\C/C=C\CCCCCCCC(=O)OCC(COP(=O)(O)OCC(O)COP(=O)(O)OCC(O)COC(=O)CCCCCCCC/C=C\C/C=C\C/C=C\CCCCC)OC(=O)CCCCCCC/C=C\CCCCCCCC. The van der Waals surface area contributed by atoms with E-state index < -0.39 is 91.5 Å². The Bertz CT molecular complexity index is 1900. The van der Waals surface area contributed by atoms with Gasteiger partial charge in [-0.1, -0.05) is 215 Å². The van der Waals surface area contributed by atoms with E-state index in [0.29, 0.717) is 19.3 Å². The third-order valence-corrected chi connectivity index (χ3v) is 15.5. The zero-order chi connectivity index (χ0) is 62.4. The number of phosphoric acid groups is 2. The van der Waals surface area contributed by atoms with Gasteiger partial charge in [0.15, 0.2) is 6.10 Å². The summed E-state index contributed by atoms with van der Waals surface area (Å²) in [6, 6.07) is 0. The van der Waals surface area contributed by atoms with E-state index in [1.807, 2.05) is 0 Å². The minimum atomic E-state index is -4.93. The number of carbonyl (C=O) groups excluding carboxylic acids is 3. The number of hydrogen-bond donors (Lipinski definition) is 4. The smallest absolute Gasteiger partial charge is 0.463 e. The van der Waals surface area contributed by atoms with Gasteiger partial charge in [0.25, 0.3) is 0 Å². The molecule has 18 heteroatoms. The van der Waals surface area contributed by atoms with Gasteiger partial charge in [-0.25, -0.2) is 9.13 Å². The van der Waals surface area contributed by atoms with Crippen LogP contribution in [-0.2, 0) is 55.8 Å². The predicted octanol–water partition coefficient (Wildman–Crippen LogP) is 17.8. The lowest BCUT2D eigenvalue weighted by Gasteiger charge is -2.21. The fourth-order valence-corrected chi connectivity index (χ4v) is 10.1. The molecule has 16 nitrogen and oxygen atoms in total. The molecule has 0 bridgehead atoms. The molecule has 0 aliphatic heterocycles. The largest absolute Gasteiger partial charge is 0.472 e. The number of esters is 3. The Hall–Kier alpha value is -3.27. The first-order valence-electron chi connectivity index (χ1n) is 32.9. The van der Waals surface area contributed by atoms with Gasteiger partial charge in [-0.05, 0) is 116 Å². The summed E-state index contributed by atoms with van der Waals surface area (Å²) in [5, 5.41) is 20.5. The summed E-state index contributed by atoms with van der Waals surface area (Å²) in [6.45, 7) is 2.48. The van der Waals surface area contributed by atoms with Gasteiger partial charge in [-0.15, -0.1) is 0 Å². The standard InChI is InChI=1S/C67H118O16P2/c1-4-7-10-13-16-19-22-25-28-29-30-31-34-36-38-41-44-47-50-53-65(70)77-56-62(68)57-79-84(73,74)80-58-63(69)59-81-85(75,76)82-61-64(83-67(72)55-52-49-46-43-40-37-33-27-24-21-18-15-12-9-6-3)60-78-66(71)54-51-48-45-42-39-35-32-26-23-20-17-14-11-8-5-2/h8,11,16-17,19-20,25-28,30-33,62-64,68-69H,4-7,9-10,12-15,18,21-24,29,34-61H2,1-3H3,(H,73,74)(H,75,76)/b11-8-,19-16-,20-17-,28-25-,31-30-,32-26-,33-27-. The maximum absolute atomic E-state index is 12.9. The second kappa shape index (κ2) is 61.0. The zero-order valence-corrected chi connectivity index (χ0v) is 54.8. The van der Waals surface area contributed by atoms with Gasteiger partial charge in [0, 0.05) is 19.3 Å². The number of allylic oxidation sites excluding steroid dienone is 14. The Labute approximate surface area is 515 Å². The number of hydrogen-bond acceptors (Lipinski definition) is 14. The summed E-state index contributed by atoms with van der Waals surface area (Å²) in [7, 11) is -9.78. The molecule has 492 valence electrons. The summed E-state index contributed by atoms with van der Waals surface area (Å²) in [5.41, 5.74) is 0. The number of rotatable bonds is 62. The molecular weight excluding hydrogens is 1120 g/mol. The number of ether oxygens (including phenoxy) is 3. The monoisotopic (exact) mass is 1240 g/mol. The lowest BCUT2D eigenvalue weighted by Crippen LogP contribution is -2.30. The highest BCUT2D eigenvalue weighted by atomic mass is 31.2. The molecule has 5 atom stereocenters. The van der Waals surface area contributed by atoms with Crippen molar-refractivity contribution in [3.05, 3.63) is 85.1 Å². The zero-order valence-electron chi connectivity index (χ0n) is 53.0. The second-order valence-corrected chi connectivity index (χ2v) is 24.8. The van der Waals surface area contributed by atoms with Gasteiger partial charge in [0.2, 0.25) is 0 Å². The first-order chi connectivity index (χ1) is 41.2. The van der Waals surface area contributed by atoms with Crippen LogP contribution in [0.2, 0.25) is 0 Å². The number of unbranched alkanes of at least 4 members (excludes halogenated alkanes) is 25.